The van der Waals surface area contributed by atoms with E-state index in [1.165, 1.54) is 19.1 Å². The maximum Gasteiger partial charge on any atom is 0.279 e. The van der Waals surface area contributed by atoms with Crippen LogP contribution >= 0.6 is 0 Å². The molecule has 0 aromatic heterocycles. The molecule has 0 bridgehead atoms. The summed E-state index contributed by atoms with van der Waals surface area (Å²) < 4.78 is 11.5. The molecule has 2 aromatic carbocycles. The van der Waals surface area contributed by atoms with Crippen LogP contribution in [-0.2, 0) is 11.4 Å². The fourth-order valence-corrected chi connectivity index (χ4v) is 3.44. The van der Waals surface area contributed by atoms with Crippen molar-refractivity contribution in [2.75, 3.05) is 6.61 Å². The van der Waals surface area contributed by atoms with Gasteiger partial charge in [-0.25, -0.2) is 4.99 Å². The molecular weight excluding hydrogens is 400 g/mol. The lowest BCUT2D eigenvalue weighted by molar-refractivity contribution is -0.385. The smallest absolute Gasteiger partial charge is 0.279 e. The van der Waals surface area contributed by atoms with Crippen LogP contribution in [0.4, 0.5) is 5.69 Å². The second kappa shape index (κ2) is 9.29. The molecule has 0 fully saturated rings. The Morgan fingerprint density at radius 3 is 2.52 bits per heavy atom. The summed E-state index contributed by atoms with van der Waals surface area (Å²) in [6, 6.07) is 11.3. The zero-order valence-electron chi connectivity index (χ0n) is 17.5. The van der Waals surface area contributed by atoms with E-state index in [9.17, 15) is 14.9 Å². The molecule has 0 unspecified atom stereocenters. The first-order valence-electron chi connectivity index (χ1n) is 9.75. The number of nitrogens with two attached hydrogens (primary N) is 1. The van der Waals surface area contributed by atoms with E-state index >= 15 is 0 Å². The van der Waals surface area contributed by atoms with Crippen LogP contribution in [0.25, 0.3) is 0 Å². The van der Waals surface area contributed by atoms with Gasteiger partial charge >= 0.3 is 0 Å². The Balaban J connectivity index is 2.10. The zero-order valence-corrected chi connectivity index (χ0v) is 17.5. The molecule has 0 aliphatic carbocycles. The molecule has 2 aromatic rings. The van der Waals surface area contributed by atoms with Gasteiger partial charge in [0.1, 0.15) is 12.6 Å². The van der Waals surface area contributed by atoms with Gasteiger partial charge in [0.2, 0.25) is 0 Å². The topological polar surface area (TPSA) is 129 Å². The highest BCUT2D eigenvalue weighted by Gasteiger charge is 2.33. The van der Waals surface area contributed by atoms with Crippen LogP contribution in [0.15, 0.2) is 58.7 Å². The highest BCUT2D eigenvalue weighted by atomic mass is 16.6. The van der Waals surface area contributed by atoms with Crippen LogP contribution < -0.4 is 20.5 Å². The van der Waals surface area contributed by atoms with Gasteiger partial charge in [-0.05, 0) is 32.4 Å². The Bertz CT molecular complexity index is 1060. The van der Waals surface area contributed by atoms with E-state index in [0.717, 1.165) is 5.56 Å². The molecule has 0 saturated heterocycles. The second-order valence-electron chi connectivity index (χ2n) is 6.96. The first kappa shape index (κ1) is 21.8. The quantitative estimate of drug-likeness (QED) is 0.491. The number of carbonyl (C=O) groups is 1. The number of Topliss-reactive ketones (excluding diaryl/α,β-unsaturated/α-hetero) is 1. The number of guanidine groups is 1. The highest BCUT2D eigenvalue weighted by molar-refractivity contribution is 5.98. The Morgan fingerprint density at radius 1 is 1.23 bits per heavy atom. The summed E-state index contributed by atoms with van der Waals surface area (Å²) in [6.07, 6.45) is 0. The van der Waals surface area contributed by atoms with Crippen LogP contribution in [0.3, 0.4) is 0 Å². The number of allylic oxidation sites excluding steroid dienone is 1. The number of rotatable bonds is 8. The van der Waals surface area contributed by atoms with Gasteiger partial charge in [-0.15, -0.1) is 0 Å². The number of carbonyl (C=O) groups excluding carboxylic acids is 1. The molecule has 3 N–H and O–H groups in total. The Hall–Kier alpha value is -3.88. The minimum Gasteiger partial charge on any atom is -0.490 e. The molecule has 0 saturated carbocycles. The van der Waals surface area contributed by atoms with E-state index in [-0.39, 0.29) is 35.4 Å². The number of benzene rings is 2. The van der Waals surface area contributed by atoms with Crippen molar-refractivity contribution < 1.29 is 19.2 Å². The van der Waals surface area contributed by atoms with Gasteiger partial charge in [-0.3, -0.25) is 14.9 Å². The van der Waals surface area contributed by atoms with Crippen LogP contribution in [0.1, 0.15) is 37.9 Å². The fourth-order valence-electron chi connectivity index (χ4n) is 3.44. The average molecular weight is 424 g/mol. The van der Waals surface area contributed by atoms with Crippen molar-refractivity contribution in [3.63, 3.8) is 0 Å². The number of ketones is 1. The summed E-state index contributed by atoms with van der Waals surface area (Å²) >= 11 is 0. The van der Waals surface area contributed by atoms with Crippen molar-refractivity contribution in [1.29, 1.82) is 0 Å². The standard InChI is InChI=1S/C22H24N4O5/c1-4-30-18-10-16(21-20(14(3)27)13(2)24-22(23)25-21)17(26(28)29)11-19(18)31-12-15-8-6-5-7-9-15/h5-11,21H,4,12H2,1-3H3,(H3,23,24,25)/t21-/m1/s1. The number of hydrogen-bond donors (Lipinski definition) is 2. The highest BCUT2D eigenvalue weighted by Crippen LogP contribution is 2.42. The second-order valence-corrected chi connectivity index (χ2v) is 6.96. The first-order valence-corrected chi connectivity index (χ1v) is 9.75. The van der Waals surface area contributed by atoms with Crippen molar-refractivity contribution in [2.24, 2.45) is 10.7 Å². The van der Waals surface area contributed by atoms with Crippen LogP contribution in [0.5, 0.6) is 11.5 Å². The molecule has 31 heavy (non-hydrogen) atoms. The molecular formula is C22H24N4O5. The third kappa shape index (κ3) is 4.82. The zero-order chi connectivity index (χ0) is 22.5. The van der Waals surface area contributed by atoms with Crippen LogP contribution in [0.2, 0.25) is 0 Å². The summed E-state index contributed by atoms with van der Waals surface area (Å²) in [5.74, 6) is 0.371. The maximum absolute atomic E-state index is 12.3. The van der Waals surface area contributed by atoms with E-state index < -0.39 is 11.0 Å². The Morgan fingerprint density at radius 2 is 1.90 bits per heavy atom. The number of nitrogens with zero attached hydrogens (tertiary/aromatic N) is 2. The SMILES string of the molecule is CCOc1cc([C@H]2N=C(N)NC(C)=C2C(C)=O)c([N+](=O)[O-])cc1OCc1ccccc1. The van der Waals surface area contributed by atoms with E-state index in [1.807, 2.05) is 30.3 Å². The minimum absolute atomic E-state index is 0.0733. The fraction of sp³-hybridized carbons (Fsp3) is 0.273. The monoisotopic (exact) mass is 424 g/mol. The van der Waals surface area contributed by atoms with Crippen molar-refractivity contribution in [3.05, 3.63) is 75.0 Å². The van der Waals surface area contributed by atoms with Gasteiger partial charge in [0, 0.05) is 11.3 Å². The summed E-state index contributed by atoms with van der Waals surface area (Å²) in [4.78, 5) is 27.9. The molecule has 162 valence electrons. The maximum atomic E-state index is 12.3. The van der Waals surface area contributed by atoms with Crippen molar-refractivity contribution >= 4 is 17.4 Å². The van der Waals surface area contributed by atoms with E-state index in [0.29, 0.717) is 23.6 Å². The molecule has 0 radical (unpaired) electrons. The summed E-state index contributed by atoms with van der Waals surface area (Å²) in [6.45, 7) is 5.40. The molecule has 0 amide bonds. The Kier molecular flexibility index (Phi) is 6.54. The van der Waals surface area contributed by atoms with Gasteiger partial charge in [-0.2, -0.15) is 0 Å². The number of nitro groups is 1. The molecule has 1 aliphatic heterocycles. The molecule has 9 nitrogen and oxygen atoms in total. The predicted octanol–water partition coefficient (Wildman–Crippen LogP) is 3.39. The molecule has 3 rings (SSSR count). The van der Waals surface area contributed by atoms with Crippen LogP contribution in [-0.4, -0.2) is 23.3 Å². The number of nitro benzene ring substituents is 1. The van der Waals surface area contributed by atoms with Gasteiger partial charge in [0.15, 0.2) is 23.2 Å². The van der Waals surface area contributed by atoms with Gasteiger partial charge in [0.05, 0.1) is 23.2 Å². The average Bonchev–Trinajstić information content (AvgIpc) is 2.72. The summed E-state index contributed by atoms with van der Waals surface area (Å²) in [5, 5.41) is 14.7. The van der Waals surface area contributed by atoms with E-state index in [2.05, 4.69) is 10.3 Å². The number of hydrogen-bond acceptors (Lipinski definition) is 8. The van der Waals surface area contributed by atoms with Gasteiger partial charge in [0.25, 0.3) is 5.69 Å². The third-order valence-electron chi connectivity index (χ3n) is 4.76. The van der Waals surface area contributed by atoms with Gasteiger partial charge in [-0.1, -0.05) is 30.3 Å². The normalized spacial score (nSPS) is 15.7. The summed E-state index contributed by atoms with van der Waals surface area (Å²) in [5.41, 5.74) is 7.53. The Labute approximate surface area is 179 Å². The molecule has 1 atom stereocenters. The predicted molar refractivity (Wildman–Crippen MR) is 116 cm³/mol. The van der Waals surface area contributed by atoms with Crippen molar-refractivity contribution in [3.8, 4) is 11.5 Å². The van der Waals surface area contributed by atoms with Crippen molar-refractivity contribution in [2.45, 2.75) is 33.4 Å². The number of ether oxygens (including phenoxy) is 2. The largest absolute Gasteiger partial charge is 0.490 e. The van der Waals surface area contributed by atoms with E-state index in [1.54, 1.807) is 13.8 Å². The van der Waals surface area contributed by atoms with E-state index in [4.69, 9.17) is 15.2 Å². The lowest BCUT2D eigenvalue weighted by Crippen LogP contribution is -2.36. The minimum atomic E-state index is -0.929. The lowest BCUT2D eigenvalue weighted by Gasteiger charge is -2.24. The van der Waals surface area contributed by atoms with Crippen molar-refractivity contribution in [1.82, 2.24) is 5.32 Å². The molecule has 9 heteroatoms. The first-order chi connectivity index (χ1) is 14.8. The molecule has 1 heterocycles. The number of nitrogens with one attached hydrogen (secondary N) is 1. The molecule has 0 spiro atoms. The summed E-state index contributed by atoms with van der Waals surface area (Å²) in [7, 11) is 0. The third-order valence-corrected chi connectivity index (χ3v) is 4.76. The van der Waals surface area contributed by atoms with Crippen LogP contribution in [0, 0.1) is 10.1 Å². The molecule has 1 aliphatic rings. The lowest BCUT2D eigenvalue weighted by atomic mass is 9.92. The van der Waals surface area contributed by atoms with Gasteiger partial charge < -0.3 is 20.5 Å². The number of aliphatic imine (C=N–C) groups is 1.